The molecule has 5 rings (SSSR count). The van der Waals surface area contributed by atoms with Crippen LogP contribution in [0.25, 0.3) is 22.3 Å². The van der Waals surface area contributed by atoms with Crippen LogP contribution in [-0.2, 0) is 6.42 Å². The van der Waals surface area contributed by atoms with Crippen molar-refractivity contribution in [1.29, 1.82) is 0 Å². The number of aromatic nitrogens is 3. The monoisotopic (exact) mass is 416 g/mol. The number of carbonyl (C=O) groups excluding carboxylic acids is 1. The third-order valence-electron chi connectivity index (χ3n) is 4.99. The Morgan fingerprint density at radius 1 is 1.10 bits per heavy atom. The number of carbonyl (C=O) groups is 1. The van der Waals surface area contributed by atoms with E-state index in [0.717, 1.165) is 22.0 Å². The van der Waals surface area contributed by atoms with Gasteiger partial charge in [0.05, 0.1) is 17.6 Å². The minimum atomic E-state index is -0.232. The highest BCUT2D eigenvalue weighted by atomic mass is 35.5. The Morgan fingerprint density at radius 3 is 2.80 bits per heavy atom. The molecule has 0 radical (unpaired) electrons. The molecule has 0 unspecified atom stereocenters. The van der Waals surface area contributed by atoms with Gasteiger partial charge in [-0.2, -0.15) is 0 Å². The van der Waals surface area contributed by atoms with E-state index < -0.39 is 0 Å². The topological polar surface area (TPSA) is 77.0 Å². The summed E-state index contributed by atoms with van der Waals surface area (Å²) in [5.41, 5.74) is 2.90. The third kappa shape index (κ3) is 3.57. The second kappa shape index (κ2) is 7.72. The molecule has 7 heteroatoms. The molecule has 30 heavy (non-hydrogen) atoms. The Balaban J connectivity index is 1.31. The second-order valence-electron chi connectivity index (χ2n) is 7.06. The van der Waals surface area contributed by atoms with Crippen molar-refractivity contribution < 1.29 is 9.53 Å². The van der Waals surface area contributed by atoms with Crippen molar-refractivity contribution in [1.82, 2.24) is 20.3 Å². The van der Waals surface area contributed by atoms with Gasteiger partial charge in [0.2, 0.25) is 0 Å². The standard InChI is InChI=1S/C23H17ClN4O2/c24-16-10-15-11-17(30-21(15)18(12-16)22-25-8-3-9-26-22)13-27-23(29)20-7-6-14-4-1-2-5-19(14)28-20/h1-10,12,17H,11,13H2,(H,27,29)/t17-/m1/s1. The number of benzene rings is 2. The van der Waals surface area contributed by atoms with E-state index in [9.17, 15) is 4.79 Å². The number of hydrogen-bond donors (Lipinski definition) is 1. The van der Waals surface area contributed by atoms with Crippen LogP contribution >= 0.6 is 11.6 Å². The number of nitrogens with one attached hydrogen (secondary N) is 1. The smallest absolute Gasteiger partial charge is 0.270 e. The summed E-state index contributed by atoms with van der Waals surface area (Å²) >= 11 is 6.29. The number of nitrogens with zero attached hydrogens (tertiary/aromatic N) is 3. The van der Waals surface area contributed by atoms with Crippen molar-refractivity contribution >= 4 is 28.4 Å². The lowest BCUT2D eigenvalue weighted by Crippen LogP contribution is -2.34. The van der Waals surface area contributed by atoms with Gasteiger partial charge in [0.15, 0.2) is 5.82 Å². The average molecular weight is 417 g/mol. The number of para-hydroxylation sites is 1. The minimum absolute atomic E-state index is 0.203. The van der Waals surface area contributed by atoms with E-state index in [1.54, 1.807) is 30.6 Å². The van der Waals surface area contributed by atoms with Gasteiger partial charge in [0.25, 0.3) is 5.91 Å². The van der Waals surface area contributed by atoms with Crippen molar-refractivity contribution in [2.24, 2.45) is 0 Å². The summed E-state index contributed by atoms with van der Waals surface area (Å²) in [7, 11) is 0. The molecule has 6 nitrogen and oxygen atoms in total. The SMILES string of the molecule is O=C(NC[C@H]1Cc2cc(Cl)cc(-c3ncccn3)c2O1)c1ccc2ccccc2n1. The first-order valence-corrected chi connectivity index (χ1v) is 9.95. The quantitative estimate of drug-likeness (QED) is 0.542. The Morgan fingerprint density at radius 2 is 1.93 bits per heavy atom. The summed E-state index contributed by atoms with van der Waals surface area (Å²) in [6, 6.07) is 16.8. The summed E-state index contributed by atoms with van der Waals surface area (Å²) in [5, 5.41) is 4.52. The highest BCUT2D eigenvalue weighted by Gasteiger charge is 2.28. The normalized spacial score (nSPS) is 14.9. The van der Waals surface area contributed by atoms with Gasteiger partial charge in [-0.25, -0.2) is 15.0 Å². The van der Waals surface area contributed by atoms with Crippen LogP contribution in [0.1, 0.15) is 16.1 Å². The van der Waals surface area contributed by atoms with E-state index in [1.165, 1.54) is 0 Å². The van der Waals surface area contributed by atoms with Gasteiger partial charge in [-0.1, -0.05) is 35.9 Å². The Bertz CT molecular complexity index is 1250. The van der Waals surface area contributed by atoms with Gasteiger partial charge in [-0.05, 0) is 30.3 Å². The first-order valence-electron chi connectivity index (χ1n) is 9.58. The molecular formula is C23H17ClN4O2. The van der Waals surface area contributed by atoms with E-state index in [1.807, 2.05) is 36.4 Å². The van der Waals surface area contributed by atoms with Gasteiger partial charge in [-0.3, -0.25) is 4.79 Å². The summed E-state index contributed by atoms with van der Waals surface area (Å²) in [6.45, 7) is 0.356. The van der Waals surface area contributed by atoms with E-state index in [0.29, 0.717) is 35.3 Å². The second-order valence-corrected chi connectivity index (χ2v) is 7.49. The maximum absolute atomic E-state index is 12.6. The predicted molar refractivity (Wildman–Crippen MR) is 115 cm³/mol. The van der Waals surface area contributed by atoms with E-state index in [4.69, 9.17) is 16.3 Å². The molecule has 1 amide bonds. The molecule has 0 aliphatic carbocycles. The zero-order chi connectivity index (χ0) is 20.5. The molecule has 1 aliphatic heterocycles. The van der Waals surface area contributed by atoms with Gasteiger partial charge in [-0.15, -0.1) is 0 Å². The Hall–Kier alpha value is -3.51. The minimum Gasteiger partial charge on any atom is -0.487 e. The van der Waals surface area contributed by atoms with E-state index in [-0.39, 0.29) is 12.0 Å². The van der Waals surface area contributed by atoms with Crippen LogP contribution in [-0.4, -0.2) is 33.5 Å². The van der Waals surface area contributed by atoms with Crippen LogP contribution in [0.2, 0.25) is 5.02 Å². The van der Waals surface area contributed by atoms with Crippen molar-refractivity contribution in [3.05, 3.63) is 83.3 Å². The van der Waals surface area contributed by atoms with Crippen molar-refractivity contribution in [2.45, 2.75) is 12.5 Å². The van der Waals surface area contributed by atoms with Crippen LogP contribution in [0.5, 0.6) is 5.75 Å². The molecule has 0 spiro atoms. The fourth-order valence-electron chi connectivity index (χ4n) is 3.60. The predicted octanol–water partition coefficient (Wildman–Crippen LogP) is 4.08. The fraction of sp³-hybridized carbons (Fsp3) is 0.130. The number of rotatable bonds is 4. The number of ether oxygens (including phenoxy) is 1. The van der Waals surface area contributed by atoms with Gasteiger partial charge in [0, 0.05) is 34.8 Å². The molecule has 3 heterocycles. The van der Waals surface area contributed by atoms with Crippen LogP contribution in [0.15, 0.2) is 67.0 Å². The number of fused-ring (bicyclic) bond motifs is 2. The lowest BCUT2D eigenvalue weighted by Gasteiger charge is -2.13. The van der Waals surface area contributed by atoms with Crippen LogP contribution in [0.4, 0.5) is 0 Å². The molecule has 1 N–H and O–H groups in total. The molecule has 1 aliphatic rings. The molecule has 0 fully saturated rings. The molecule has 0 saturated carbocycles. The molecule has 2 aromatic carbocycles. The number of halogens is 1. The van der Waals surface area contributed by atoms with Crippen molar-refractivity contribution in [3.8, 4) is 17.1 Å². The maximum Gasteiger partial charge on any atom is 0.270 e. The van der Waals surface area contributed by atoms with Gasteiger partial charge in [0.1, 0.15) is 17.5 Å². The molecule has 0 bridgehead atoms. The zero-order valence-electron chi connectivity index (χ0n) is 15.9. The Labute approximate surface area is 177 Å². The van der Waals surface area contributed by atoms with Crippen LogP contribution in [0, 0.1) is 0 Å². The van der Waals surface area contributed by atoms with Gasteiger partial charge >= 0.3 is 0 Å². The first kappa shape index (κ1) is 18.5. The molecule has 148 valence electrons. The van der Waals surface area contributed by atoms with E-state index in [2.05, 4.69) is 20.3 Å². The lowest BCUT2D eigenvalue weighted by molar-refractivity contribution is 0.0929. The van der Waals surface area contributed by atoms with Crippen LogP contribution in [0.3, 0.4) is 0 Å². The zero-order valence-corrected chi connectivity index (χ0v) is 16.6. The lowest BCUT2D eigenvalue weighted by atomic mass is 10.1. The summed E-state index contributed by atoms with van der Waals surface area (Å²) in [5.74, 6) is 1.04. The molecular weight excluding hydrogens is 400 g/mol. The number of hydrogen-bond acceptors (Lipinski definition) is 5. The Kier molecular flexibility index (Phi) is 4.77. The molecule has 2 aromatic heterocycles. The van der Waals surface area contributed by atoms with Crippen molar-refractivity contribution in [2.75, 3.05) is 6.54 Å². The third-order valence-corrected chi connectivity index (χ3v) is 5.21. The number of pyridine rings is 1. The van der Waals surface area contributed by atoms with Crippen molar-refractivity contribution in [3.63, 3.8) is 0 Å². The van der Waals surface area contributed by atoms with Gasteiger partial charge < -0.3 is 10.1 Å². The molecule has 4 aromatic rings. The fourth-order valence-corrected chi connectivity index (χ4v) is 3.84. The van der Waals surface area contributed by atoms with E-state index >= 15 is 0 Å². The highest BCUT2D eigenvalue weighted by molar-refractivity contribution is 6.31. The number of amides is 1. The molecule has 1 atom stereocenters. The molecule has 0 saturated heterocycles. The van der Waals surface area contributed by atoms with Crippen LogP contribution < -0.4 is 10.1 Å². The summed E-state index contributed by atoms with van der Waals surface area (Å²) < 4.78 is 6.13. The average Bonchev–Trinajstić information content (AvgIpc) is 3.20. The first-order chi connectivity index (χ1) is 14.7. The summed E-state index contributed by atoms with van der Waals surface area (Å²) in [6.07, 6.45) is 3.80. The summed E-state index contributed by atoms with van der Waals surface area (Å²) in [4.78, 5) is 25.6. The largest absolute Gasteiger partial charge is 0.487 e. The highest BCUT2D eigenvalue weighted by Crippen LogP contribution is 2.39. The maximum atomic E-state index is 12.6.